The third-order valence-electron chi connectivity index (χ3n) is 1.20. The first-order chi connectivity index (χ1) is 5.76. The van der Waals surface area contributed by atoms with Crippen LogP contribution in [0.25, 0.3) is 0 Å². The van der Waals surface area contributed by atoms with E-state index in [0.717, 1.165) is 0 Å². The number of anilines is 1. The molecule has 0 atom stereocenters. The van der Waals surface area contributed by atoms with E-state index in [-0.39, 0.29) is 11.6 Å². The zero-order valence-electron chi connectivity index (χ0n) is 6.75. The molecule has 2 N–H and O–H groups in total. The predicted molar refractivity (Wildman–Crippen MR) is 42.4 cm³/mol. The topological polar surface area (TPSA) is 61.0 Å². The van der Waals surface area contributed by atoms with Crippen LogP contribution in [0.2, 0.25) is 0 Å². The summed E-state index contributed by atoms with van der Waals surface area (Å²) in [5, 5.41) is 0. The van der Waals surface area contributed by atoms with Crippen LogP contribution in [0.1, 0.15) is 12.6 Å². The van der Waals surface area contributed by atoms with Crippen molar-refractivity contribution in [3.8, 4) is 5.88 Å². The summed E-state index contributed by atoms with van der Waals surface area (Å²) in [6.45, 7) is 1.63. The van der Waals surface area contributed by atoms with E-state index in [1.54, 1.807) is 0 Å². The molecule has 0 spiro atoms. The standard InChI is InChI=1S/C7H10FN3O/c1-2-12-6-3-5(4-8)10-7(9)11-6/h3H,2,4H2,1H3,(H2,9,10,11). The predicted octanol–water partition coefficient (Wildman–Crippen LogP) is 0.927. The van der Waals surface area contributed by atoms with Crippen LogP contribution in [-0.2, 0) is 6.67 Å². The zero-order chi connectivity index (χ0) is 8.97. The molecule has 0 unspecified atom stereocenters. The van der Waals surface area contributed by atoms with Crippen LogP contribution in [-0.4, -0.2) is 16.6 Å². The SMILES string of the molecule is CCOc1cc(CF)nc(N)n1. The highest BCUT2D eigenvalue weighted by atomic mass is 19.1. The van der Waals surface area contributed by atoms with E-state index in [1.165, 1.54) is 6.07 Å². The van der Waals surface area contributed by atoms with Gasteiger partial charge in [-0.1, -0.05) is 0 Å². The Bertz CT molecular complexity index is 267. The summed E-state index contributed by atoms with van der Waals surface area (Å²) < 4.78 is 17.2. The highest BCUT2D eigenvalue weighted by Crippen LogP contribution is 2.10. The maximum Gasteiger partial charge on any atom is 0.223 e. The quantitative estimate of drug-likeness (QED) is 0.734. The number of rotatable bonds is 3. The van der Waals surface area contributed by atoms with E-state index >= 15 is 0 Å². The molecular weight excluding hydrogens is 161 g/mol. The molecule has 0 amide bonds. The molecule has 4 nitrogen and oxygen atoms in total. The molecule has 1 rings (SSSR count). The molecule has 0 aliphatic heterocycles. The first kappa shape index (κ1) is 8.70. The number of nitrogens with two attached hydrogens (primary N) is 1. The Morgan fingerprint density at radius 3 is 2.92 bits per heavy atom. The van der Waals surface area contributed by atoms with Gasteiger partial charge in [0.15, 0.2) is 0 Å². The van der Waals surface area contributed by atoms with Gasteiger partial charge in [0.1, 0.15) is 6.67 Å². The molecule has 0 bridgehead atoms. The highest BCUT2D eigenvalue weighted by Gasteiger charge is 2.01. The number of nitrogens with zero attached hydrogens (tertiary/aromatic N) is 2. The van der Waals surface area contributed by atoms with Gasteiger partial charge in [0.2, 0.25) is 11.8 Å². The van der Waals surface area contributed by atoms with Crippen molar-refractivity contribution in [3.63, 3.8) is 0 Å². The molecule has 0 saturated heterocycles. The van der Waals surface area contributed by atoms with Crippen LogP contribution >= 0.6 is 0 Å². The minimum Gasteiger partial charge on any atom is -0.478 e. The lowest BCUT2D eigenvalue weighted by Gasteiger charge is -2.03. The molecule has 0 aliphatic carbocycles. The number of nitrogen functional groups attached to an aromatic ring is 1. The molecule has 66 valence electrons. The summed E-state index contributed by atoms with van der Waals surface area (Å²) >= 11 is 0. The Balaban J connectivity index is 2.90. The molecule has 1 aromatic heterocycles. The fraction of sp³-hybridized carbons (Fsp3) is 0.429. The summed E-state index contributed by atoms with van der Waals surface area (Å²) in [7, 11) is 0. The summed E-state index contributed by atoms with van der Waals surface area (Å²) in [5.41, 5.74) is 5.54. The second kappa shape index (κ2) is 3.85. The second-order valence-corrected chi connectivity index (χ2v) is 2.12. The Morgan fingerprint density at radius 2 is 2.33 bits per heavy atom. The van der Waals surface area contributed by atoms with Crippen molar-refractivity contribution >= 4 is 5.95 Å². The number of hydrogen-bond acceptors (Lipinski definition) is 4. The molecule has 5 heteroatoms. The van der Waals surface area contributed by atoms with E-state index in [0.29, 0.717) is 12.5 Å². The number of alkyl halides is 1. The molecule has 0 radical (unpaired) electrons. The van der Waals surface area contributed by atoms with Crippen molar-refractivity contribution < 1.29 is 9.13 Å². The van der Waals surface area contributed by atoms with Gasteiger partial charge in [0.05, 0.1) is 12.3 Å². The number of aromatic nitrogens is 2. The minimum absolute atomic E-state index is 0.0357. The summed E-state index contributed by atoms with van der Waals surface area (Å²) in [4.78, 5) is 7.40. The molecule has 0 fully saturated rings. The van der Waals surface area contributed by atoms with Crippen LogP contribution in [0.5, 0.6) is 5.88 Å². The number of hydrogen-bond donors (Lipinski definition) is 1. The largest absolute Gasteiger partial charge is 0.478 e. The van der Waals surface area contributed by atoms with Gasteiger partial charge in [-0.2, -0.15) is 4.98 Å². The molecule has 1 aromatic rings. The minimum atomic E-state index is -0.660. The van der Waals surface area contributed by atoms with Gasteiger partial charge in [-0.05, 0) is 6.92 Å². The third-order valence-corrected chi connectivity index (χ3v) is 1.20. The third kappa shape index (κ3) is 2.05. The van der Waals surface area contributed by atoms with E-state index < -0.39 is 6.67 Å². The molecule has 1 heterocycles. The fourth-order valence-electron chi connectivity index (χ4n) is 0.782. The van der Waals surface area contributed by atoms with E-state index in [1.807, 2.05) is 6.92 Å². The van der Waals surface area contributed by atoms with Gasteiger partial charge < -0.3 is 10.5 Å². The Labute approximate surface area is 69.6 Å². The lowest BCUT2D eigenvalue weighted by atomic mass is 10.4. The van der Waals surface area contributed by atoms with Gasteiger partial charge in [-0.25, -0.2) is 9.37 Å². The highest BCUT2D eigenvalue weighted by molar-refractivity contribution is 5.25. The first-order valence-electron chi connectivity index (χ1n) is 3.58. The summed E-state index contributed by atoms with van der Waals surface area (Å²) in [5.74, 6) is 0.353. The number of halogens is 1. The lowest BCUT2D eigenvalue weighted by Crippen LogP contribution is -2.02. The van der Waals surface area contributed by atoms with E-state index in [4.69, 9.17) is 10.5 Å². The van der Waals surface area contributed by atoms with Crippen LogP contribution in [0.15, 0.2) is 6.07 Å². The molecule has 0 saturated carbocycles. The van der Waals surface area contributed by atoms with Crippen molar-refractivity contribution in [2.75, 3.05) is 12.3 Å². The normalized spacial score (nSPS) is 9.83. The Kier molecular flexibility index (Phi) is 2.79. The van der Waals surface area contributed by atoms with Crippen molar-refractivity contribution in [1.82, 2.24) is 9.97 Å². The monoisotopic (exact) mass is 171 g/mol. The van der Waals surface area contributed by atoms with E-state index in [9.17, 15) is 4.39 Å². The van der Waals surface area contributed by atoms with Crippen molar-refractivity contribution in [3.05, 3.63) is 11.8 Å². The fourth-order valence-corrected chi connectivity index (χ4v) is 0.782. The Hall–Kier alpha value is -1.39. The number of ether oxygens (including phenoxy) is 1. The second-order valence-electron chi connectivity index (χ2n) is 2.12. The summed E-state index contributed by atoms with van der Waals surface area (Å²) in [6.07, 6.45) is 0. The molecular formula is C7H10FN3O. The molecule has 0 aromatic carbocycles. The average molecular weight is 171 g/mol. The van der Waals surface area contributed by atoms with Gasteiger partial charge in [0, 0.05) is 6.07 Å². The van der Waals surface area contributed by atoms with Crippen LogP contribution in [0, 0.1) is 0 Å². The average Bonchev–Trinajstić information content (AvgIpc) is 2.04. The maximum absolute atomic E-state index is 12.1. The molecule has 12 heavy (non-hydrogen) atoms. The zero-order valence-corrected chi connectivity index (χ0v) is 6.75. The van der Waals surface area contributed by atoms with Crippen molar-refractivity contribution in [1.29, 1.82) is 0 Å². The van der Waals surface area contributed by atoms with Gasteiger partial charge in [0.25, 0.3) is 0 Å². The van der Waals surface area contributed by atoms with Crippen LogP contribution < -0.4 is 10.5 Å². The lowest BCUT2D eigenvalue weighted by molar-refractivity contribution is 0.325. The van der Waals surface area contributed by atoms with Gasteiger partial charge in [-0.15, -0.1) is 0 Å². The summed E-state index contributed by atoms with van der Waals surface area (Å²) in [6, 6.07) is 1.43. The van der Waals surface area contributed by atoms with Crippen molar-refractivity contribution in [2.45, 2.75) is 13.6 Å². The Morgan fingerprint density at radius 1 is 1.58 bits per heavy atom. The maximum atomic E-state index is 12.1. The van der Waals surface area contributed by atoms with Crippen molar-refractivity contribution in [2.24, 2.45) is 0 Å². The first-order valence-corrected chi connectivity index (χ1v) is 3.58. The van der Waals surface area contributed by atoms with Crippen LogP contribution in [0.3, 0.4) is 0 Å². The van der Waals surface area contributed by atoms with Crippen LogP contribution in [0.4, 0.5) is 10.3 Å². The molecule has 0 aliphatic rings. The van der Waals surface area contributed by atoms with Gasteiger partial charge in [-0.3, -0.25) is 0 Å². The van der Waals surface area contributed by atoms with E-state index in [2.05, 4.69) is 9.97 Å². The van der Waals surface area contributed by atoms with Gasteiger partial charge >= 0.3 is 0 Å². The smallest absolute Gasteiger partial charge is 0.223 e.